The molecule has 28 heavy (non-hydrogen) atoms. The molecule has 0 aliphatic carbocycles. The van der Waals surface area contributed by atoms with E-state index in [1.54, 1.807) is 13.2 Å². The highest BCUT2D eigenvalue weighted by atomic mass is 16.5. The molecule has 0 aromatic heterocycles. The van der Waals surface area contributed by atoms with Crippen molar-refractivity contribution >= 4 is 11.9 Å². The van der Waals surface area contributed by atoms with Crippen molar-refractivity contribution in [1.29, 1.82) is 0 Å². The minimum absolute atomic E-state index is 0.0426. The Balaban J connectivity index is 1.86. The Hall–Kier alpha value is -2.43. The molecule has 148 valence electrons. The van der Waals surface area contributed by atoms with Crippen molar-refractivity contribution in [1.82, 2.24) is 4.90 Å². The van der Waals surface area contributed by atoms with Crippen molar-refractivity contribution in [2.24, 2.45) is 0 Å². The number of methoxy groups -OCH3 is 1. The third-order valence-corrected chi connectivity index (χ3v) is 5.38. The molecule has 3 rings (SSSR count). The van der Waals surface area contributed by atoms with E-state index < -0.39 is 0 Å². The van der Waals surface area contributed by atoms with Crippen LogP contribution in [0.4, 0.5) is 0 Å². The van der Waals surface area contributed by atoms with Gasteiger partial charge in [0.05, 0.1) is 20.3 Å². The smallest absolute Gasteiger partial charge is 0.186 e. The second-order valence-electron chi connectivity index (χ2n) is 7.35. The lowest BCUT2D eigenvalue weighted by Gasteiger charge is -2.28. The van der Waals surface area contributed by atoms with Crippen LogP contribution in [0.25, 0.3) is 6.08 Å². The molecule has 1 heterocycles. The van der Waals surface area contributed by atoms with Gasteiger partial charge in [0.2, 0.25) is 0 Å². The first-order chi connectivity index (χ1) is 13.5. The molecule has 1 aliphatic rings. The lowest BCUT2D eigenvalue weighted by Crippen LogP contribution is -2.36. The van der Waals surface area contributed by atoms with Crippen molar-refractivity contribution in [3.63, 3.8) is 0 Å². The van der Waals surface area contributed by atoms with E-state index in [9.17, 15) is 4.79 Å². The molecule has 0 N–H and O–H groups in total. The molecule has 0 radical (unpaired) electrons. The van der Waals surface area contributed by atoms with E-state index in [4.69, 9.17) is 9.47 Å². The number of allylic oxidation sites excluding steroid dienone is 1. The van der Waals surface area contributed by atoms with Gasteiger partial charge in [0.15, 0.2) is 5.78 Å². The number of nitrogens with zero attached hydrogens (tertiary/aromatic N) is 1. The number of carbonyl (C=O) groups is 1. The summed E-state index contributed by atoms with van der Waals surface area (Å²) in [6.45, 7) is 10.5. The molecular weight excluding hydrogens is 350 g/mol. The number of hydrogen-bond donors (Lipinski definition) is 0. The van der Waals surface area contributed by atoms with E-state index in [2.05, 4.69) is 24.8 Å². The summed E-state index contributed by atoms with van der Waals surface area (Å²) in [5.41, 5.74) is 6.38. The Morgan fingerprint density at radius 1 is 1.14 bits per heavy atom. The first kappa shape index (κ1) is 20.3. The first-order valence-corrected chi connectivity index (χ1v) is 9.76. The van der Waals surface area contributed by atoms with E-state index in [0.717, 1.165) is 60.9 Å². The highest BCUT2D eigenvalue weighted by Gasteiger charge is 2.18. The molecule has 0 bridgehead atoms. The van der Waals surface area contributed by atoms with Gasteiger partial charge in [-0.25, -0.2) is 0 Å². The van der Waals surface area contributed by atoms with Crippen LogP contribution in [0.3, 0.4) is 0 Å². The van der Waals surface area contributed by atoms with E-state index in [1.165, 1.54) is 11.1 Å². The number of carbonyl (C=O) groups excluding carboxylic acids is 1. The maximum atomic E-state index is 13.0. The van der Waals surface area contributed by atoms with Gasteiger partial charge in [0.25, 0.3) is 0 Å². The normalized spacial score (nSPS) is 15.1. The predicted octanol–water partition coefficient (Wildman–Crippen LogP) is 4.35. The highest BCUT2D eigenvalue weighted by Crippen LogP contribution is 2.25. The second kappa shape index (κ2) is 9.18. The molecule has 0 saturated carbocycles. The van der Waals surface area contributed by atoms with E-state index in [1.807, 2.05) is 37.3 Å². The third kappa shape index (κ3) is 4.70. The van der Waals surface area contributed by atoms with Crippen LogP contribution in [0.5, 0.6) is 5.75 Å². The fourth-order valence-corrected chi connectivity index (χ4v) is 3.83. The van der Waals surface area contributed by atoms with Gasteiger partial charge in [-0.3, -0.25) is 9.69 Å². The lowest BCUT2D eigenvalue weighted by atomic mass is 9.90. The summed E-state index contributed by atoms with van der Waals surface area (Å²) >= 11 is 0. The minimum Gasteiger partial charge on any atom is -0.497 e. The van der Waals surface area contributed by atoms with Crippen LogP contribution in [0.15, 0.2) is 36.4 Å². The van der Waals surface area contributed by atoms with Gasteiger partial charge < -0.3 is 9.47 Å². The molecule has 4 heteroatoms. The second-order valence-corrected chi connectivity index (χ2v) is 7.35. The first-order valence-electron chi connectivity index (χ1n) is 9.76. The largest absolute Gasteiger partial charge is 0.497 e. The van der Waals surface area contributed by atoms with E-state index >= 15 is 0 Å². The third-order valence-electron chi connectivity index (χ3n) is 5.38. The Morgan fingerprint density at radius 3 is 2.61 bits per heavy atom. The van der Waals surface area contributed by atoms with Crippen LogP contribution in [-0.4, -0.2) is 44.1 Å². The summed E-state index contributed by atoms with van der Waals surface area (Å²) in [6, 6.07) is 9.83. The molecule has 1 aliphatic heterocycles. The fraction of sp³-hybridized carbons (Fsp3) is 0.375. The van der Waals surface area contributed by atoms with Crippen LogP contribution in [0, 0.1) is 20.8 Å². The van der Waals surface area contributed by atoms with E-state index in [0.29, 0.717) is 0 Å². The van der Waals surface area contributed by atoms with Crippen molar-refractivity contribution in [3.05, 3.63) is 69.8 Å². The zero-order chi connectivity index (χ0) is 20.1. The van der Waals surface area contributed by atoms with Gasteiger partial charge in [0.1, 0.15) is 5.75 Å². The Bertz CT molecular complexity index is 880. The number of ketones is 1. The standard InChI is InChI=1S/C24H29NO3/c1-17-14-18(2)24(19(3)22(17)16-25-10-12-28-13-11-25)23(26)9-8-20-6-5-7-21(15-20)27-4/h5-9,14-15H,10-13,16H2,1-4H3. The van der Waals surface area contributed by atoms with Gasteiger partial charge in [-0.05, 0) is 66.8 Å². The molecule has 0 atom stereocenters. The zero-order valence-electron chi connectivity index (χ0n) is 17.2. The predicted molar refractivity (Wildman–Crippen MR) is 113 cm³/mol. The summed E-state index contributed by atoms with van der Waals surface area (Å²) < 4.78 is 10.7. The van der Waals surface area contributed by atoms with Crippen LogP contribution in [0.1, 0.15) is 38.2 Å². The van der Waals surface area contributed by atoms with Gasteiger partial charge in [-0.1, -0.05) is 24.3 Å². The average molecular weight is 380 g/mol. The maximum Gasteiger partial charge on any atom is 0.186 e. The quantitative estimate of drug-likeness (QED) is 0.553. The summed E-state index contributed by atoms with van der Waals surface area (Å²) in [7, 11) is 1.64. The summed E-state index contributed by atoms with van der Waals surface area (Å²) in [6.07, 6.45) is 3.52. The van der Waals surface area contributed by atoms with Crippen molar-refractivity contribution < 1.29 is 14.3 Å². The minimum atomic E-state index is 0.0426. The van der Waals surface area contributed by atoms with Crippen LogP contribution in [-0.2, 0) is 11.3 Å². The maximum absolute atomic E-state index is 13.0. The zero-order valence-corrected chi connectivity index (χ0v) is 17.2. The molecular formula is C24H29NO3. The highest BCUT2D eigenvalue weighted by molar-refractivity contribution is 6.09. The fourth-order valence-electron chi connectivity index (χ4n) is 3.83. The summed E-state index contributed by atoms with van der Waals surface area (Å²) in [5.74, 6) is 0.825. The molecule has 4 nitrogen and oxygen atoms in total. The van der Waals surface area contributed by atoms with Gasteiger partial charge >= 0.3 is 0 Å². The lowest BCUT2D eigenvalue weighted by molar-refractivity contribution is 0.0340. The molecule has 2 aromatic carbocycles. The molecule has 0 spiro atoms. The van der Waals surface area contributed by atoms with Crippen molar-refractivity contribution in [2.75, 3.05) is 33.4 Å². The number of ether oxygens (including phenoxy) is 2. The number of aryl methyl sites for hydroxylation is 2. The average Bonchev–Trinajstić information content (AvgIpc) is 2.70. The van der Waals surface area contributed by atoms with Crippen molar-refractivity contribution in [3.8, 4) is 5.75 Å². The van der Waals surface area contributed by atoms with Crippen LogP contribution >= 0.6 is 0 Å². The molecule has 2 aromatic rings. The monoisotopic (exact) mass is 379 g/mol. The van der Waals surface area contributed by atoms with Crippen molar-refractivity contribution in [2.45, 2.75) is 27.3 Å². The number of morpholine rings is 1. The Kier molecular flexibility index (Phi) is 6.65. The topological polar surface area (TPSA) is 38.8 Å². The van der Waals surface area contributed by atoms with E-state index in [-0.39, 0.29) is 5.78 Å². The molecule has 0 amide bonds. The van der Waals surface area contributed by atoms with Gasteiger partial charge in [0, 0.05) is 25.2 Å². The summed E-state index contributed by atoms with van der Waals surface area (Å²) in [5, 5.41) is 0. The Morgan fingerprint density at radius 2 is 1.89 bits per heavy atom. The van der Waals surface area contributed by atoms with Gasteiger partial charge in [-0.2, -0.15) is 0 Å². The molecule has 0 unspecified atom stereocenters. The summed E-state index contributed by atoms with van der Waals surface area (Å²) in [4.78, 5) is 15.4. The number of benzene rings is 2. The van der Waals surface area contributed by atoms with Crippen LogP contribution in [0.2, 0.25) is 0 Å². The molecule has 1 saturated heterocycles. The molecule has 1 fully saturated rings. The number of hydrogen-bond acceptors (Lipinski definition) is 4. The van der Waals surface area contributed by atoms with Gasteiger partial charge in [-0.15, -0.1) is 0 Å². The SMILES string of the molecule is COc1cccc(C=CC(=O)c2c(C)cc(C)c(CN3CCOCC3)c2C)c1. The Labute approximate surface area is 167 Å². The number of rotatable bonds is 6. The van der Waals surface area contributed by atoms with Crippen LogP contribution < -0.4 is 4.74 Å².